The van der Waals surface area contributed by atoms with Crippen LogP contribution in [0.5, 0.6) is 0 Å². The van der Waals surface area contributed by atoms with Crippen molar-refractivity contribution < 1.29 is 13.2 Å². The summed E-state index contributed by atoms with van der Waals surface area (Å²) in [5.41, 5.74) is 1.09. The maximum absolute atomic E-state index is 14.7. The zero-order valence-electron chi connectivity index (χ0n) is 16.4. The van der Waals surface area contributed by atoms with Crippen molar-refractivity contribution in [2.75, 3.05) is 0 Å². The lowest BCUT2D eigenvalue weighted by molar-refractivity contribution is 0.286. The van der Waals surface area contributed by atoms with Gasteiger partial charge in [0.05, 0.1) is 5.56 Å². The third-order valence-electron chi connectivity index (χ3n) is 6.97. The summed E-state index contributed by atoms with van der Waals surface area (Å²) < 4.78 is 42.5. The number of rotatable bonds is 5. The predicted octanol–water partition coefficient (Wildman–Crippen LogP) is 8.02. The van der Waals surface area contributed by atoms with Crippen LogP contribution in [0, 0.1) is 29.3 Å². The fraction of sp³-hybridized carbons (Fsp3) is 0.520. The molecule has 2 saturated carbocycles. The van der Waals surface area contributed by atoms with Gasteiger partial charge in [-0.15, -0.1) is 0 Å². The van der Waals surface area contributed by atoms with Gasteiger partial charge in [0.15, 0.2) is 0 Å². The van der Waals surface area contributed by atoms with Gasteiger partial charge < -0.3 is 0 Å². The van der Waals surface area contributed by atoms with Gasteiger partial charge in [-0.2, -0.15) is 0 Å². The van der Waals surface area contributed by atoms with Crippen molar-refractivity contribution >= 4 is 0 Å². The Hall–Kier alpha value is -1.77. The first-order valence-corrected chi connectivity index (χ1v) is 10.8. The van der Waals surface area contributed by atoms with E-state index in [2.05, 4.69) is 0 Å². The zero-order valence-corrected chi connectivity index (χ0v) is 16.4. The number of hydrogen-bond acceptors (Lipinski definition) is 0. The lowest BCUT2D eigenvalue weighted by Gasteiger charge is -2.29. The van der Waals surface area contributed by atoms with E-state index in [0.29, 0.717) is 5.56 Å². The second kappa shape index (κ2) is 8.71. The molecule has 4 rings (SSSR count). The highest BCUT2D eigenvalue weighted by Gasteiger charge is 2.25. The van der Waals surface area contributed by atoms with E-state index in [-0.39, 0.29) is 11.5 Å². The smallest absolute Gasteiger partial charge is 0.134 e. The van der Waals surface area contributed by atoms with Crippen LogP contribution in [0.3, 0.4) is 0 Å². The van der Waals surface area contributed by atoms with E-state index in [4.69, 9.17) is 0 Å². The van der Waals surface area contributed by atoms with Crippen molar-refractivity contribution in [3.8, 4) is 11.1 Å². The fourth-order valence-corrected chi connectivity index (χ4v) is 5.28. The van der Waals surface area contributed by atoms with Crippen LogP contribution < -0.4 is 0 Å². The third kappa shape index (κ3) is 4.45. The highest BCUT2D eigenvalue weighted by atomic mass is 19.1. The topological polar surface area (TPSA) is 0 Å². The first kappa shape index (κ1) is 19.5. The summed E-state index contributed by atoms with van der Waals surface area (Å²) in [6.07, 6.45) is 12.7. The van der Waals surface area contributed by atoms with Crippen LogP contribution in [0.4, 0.5) is 13.2 Å². The average Bonchev–Trinajstić information content (AvgIpc) is 3.21. The molecular formula is C25H29F3. The van der Waals surface area contributed by atoms with E-state index >= 15 is 0 Å². The molecule has 3 heteroatoms. The molecule has 2 aliphatic carbocycles. The van der Waals surface area contributed by atoms with Crippen molar-refractivity contribution in [2.45, 2.75) is 70.1 Å². The molecule has 0 unspecified atom stereocenters. The summed E-state index contributed by atoms with van der Waals surface area (Å²) >= 11 is 0. The molecule has 0 aliphatic heterocycles. The lowest BCUT2D eigenvalue weighted by Crippen LogP contribution is -2.14. The van der Waals surface area contributed by atoms with Crippen molar-refractivity contribution in [3.05, 3.63) is 59.4 Å². The minimum Gasteiger partial charge on any atom is -0.207 e. The van der Waals surface area contributed by atoms with Gasteiger partial charge in [-0.25, -0.2) is 13.2 Å². The summed E-state index contributed by atoms with van der Waals surface area (Å²) in [6.45, 7) is 0. The fourth-order valence-electron chi connectivity index (χ4n) is 5.28. The summed E-state index contributed by atoms with van der Waals surface area (Å²) in [7, 11) is 0. The summed E-state index contributed by atoms with van der Waals surface area (Å²) in [4.78, 5) is 0. The van der Waals surface area contributed by atoms with Gasteiger partial charge in [0, 0.05) is 0 Å². The highest BCUT2D eigenvalue weighted by Crippen LogP contribution is 2.40. The van der Waals surface area contributed by atoms with Crippen LogP contribution in [-0.2, 0) is 0 Å². The molecule has 0 amide bonds. The van der Waals surface area contributed by atoms with Crippen LogP contribution in [0.1, 0.15) is 75.7 Å². The number of halogens is 3. The van der Waals surface area contributed by atoms with E-state index in [1.54, 1.807) is 0 Å². The molecule has 2 aromatic rings. The quantitative estimate of drug-likeness (QED) is 0.488. The molecular weight excluding hydrogens is 357 g/mol. The molecule has 0 spiro atoms. The lowest BCUT2D eigenvalue weighted by atomic mass is 9.76. The average molecular weight is 387 g/mol. The Morgan fingerprint density at radius 1 is 0.679 bits per heavy atom. The van der Waals surface area contributed by atoms with Crippen molar-refractivity contribution in [1.82, 2.24) is 0 Å². The minimum atomic E-state index is -0.551. The Labute approximate surface area is 166 Å². The number of hydrogen-bond donors (Lipinski definition) is 0. The van der Waals surface area contributed by atoms with Crippen LogP contribution in [0.15, 0.2) is 36.4 Å². The first-order chi connectivity index (χ1) is 13.6. The second-order valence-electron chi connectivity index (χ2n) is 8.81. The molecule has 2 fully saturated rings. The van der Waals surface area contributed by atoms with Gasteiger partial charge in [-0.3, -0.25) is 0 Å². The molecule has 150 valence electrons. The summed E-state index contributed by atoms with van der Waals surface area (Å²) in [5, 5.41) is 0. The van der Waals surface area contributed by atoms with Crippen molar-refractivity contribution in [3.63, 3.8) is 0 Å². The van der Waals surface area contributed by atoms with Gasteiger partial charge >= 0.3 is 0 Å². The largest absolute Gasteiger partial charge is 0.207 e. The number of benzene rings is 2. The predicted molar refractivity (Wildman–Crippen MR) is 108 cm³/mol. The van der Waals surface area contributed by atoms with Gasteiger partial charge in [0.25, 0.3) is 0 Å². The Morgan fingerprint density at radius 3 is 1.79 bits per heavy atom. The molecule has 28 heavy (non-hydrogen) atoms. The Bertz CT molecular complexity index is 759. The third-order valence-corrected chi connectivity index (χ3v) is 6.97. The second-order valence-corrected chi connectivity index (χ2v) is 8.81. The van der Waals surface area contributed by atoms with Gasteiger partial charge in [-0.05, 0) is 78.8 Å². The van der Waals surface area contributed by atoms with Crippen LogP contribution in [-0.4, -0.2) is 0 Å². The Kier molecular flexibility index (Phi) is 6.08. The Balaban J connectivity index is 1.39. The minimum absolute atomic E-state index is 0.0611. The van der Waals surface area contributed by atoms with E-state index in [1.165, 1.54) is 87.8 Å². The van der Waals surface area contributed by atoms with Crippen molar-refractivity contribution in [2.24, 2.45) is 11.8 Å². The molecule has 0 atom stereocenters. The van der Waals surface area contributed by atoms with Gasteiger partial charge in [-0.1, -0.05) is 50.7 Å². The van der Waals surface area contributed by atoms with Crippen LogP contribution in [0.25, 0.3) is 11.1 Å². The molecule has 0 aromatic heterocycles. The summed E-state index contributed by atoms with van der Waals surface area (Å²) in [5.74, 6) is 0.458. The van der Waals surface area contributed by atoms with Crippen molar-refractivity contribution in [1.29, 1.82) is 0 Å². The van der Waals surface area contributed by atoms with Crippen LogP contribution in [0.2, 0.25) is 0 Å². The van der Waals surface area contributed by atoms with Gasteiger partial charge in [0.2, 0.25) is 0 Å². The molecule has 0 heterocycles. The van der Waals surface area contributed by atoms with E-state index in [9.17, 15) is 13.2 Å². The molecule has 0 N–H and O–H groups in total. The molecule has 0 saturated heterocycles. The monoisotopic (exact) mass is 386 g/mol. The summed E-state index contributed by atoms with van der Waals surface area (Å²) in [6, 6.07) is 8.29. The maximum atomic E-state index is 14.7. The zero-order chi connectivity index (χ0) is 19.5. The van der Waals surface area contributed by atoms with E-state index in [1.807, 2.05) is 0 Å². The van der Waals surface area contributed by atoms with Crippen LogP contribution >= 0.6 is 0 Å². The highest BCUT2D eigenvalue weighted by molar-refractivity contribution is 5.65. The molecule has 2 aromatic carbocycles. The van der Waals surface area contributed by atoms with Gasteiger partial charge in [0.1, 0.15) is 17.5 Å². The molecule has 0 radical (unpaired) electrons. The van der Waals surface area contributed by atoms with E-state index < -0.39 is 17.5 Å². The first-order valence-electron chi connectivity index (χ1n) is 10.8. The standard InChI is InChI=1S/C25H29F3/c26-22-13-11-20(12-14-22)25-23(27)15-21(16-24(25)28)19-9-7-18(8-10-19)6-5-17-3-1-2-4-17/h11-19H,1-10H2/t18-,19-. The van der Waals surface area contributed by atoms with E-state index in [0.717, 1.165) is 30.2 Å². The molecule has 2 aliphatic rings. The maximum Gasteiger partial charge on any atom is 0.134 e. The molecule has 0 bridgehead atoms. The molecule has 0 nitrogen and oxygen atoms in total. The normalized spacial score (nSPS) is 23.2. The SMILES string of the molecule is Fc1ccc(-c2c(F)cc([C@H]3CC[C@H](CCC4CCCC4)CC3)cc2F)cc1. The Morgan fingerprint density at radius 2 is 1.21 bits per heavy atom.